The number of carbonyl (C=O) groups excluding carboxylic acids is 2. The first kappa shape index (κ1) is 21.4. The maximum atomic E-state index is 14.1. The fourth-order valence-electron chi connectivity index (χ4n) is 5.06. The minimum atomic E-state index is -0.905. The van der Waals surface area contributed by atoms with Gasteiger partial charge in [-0.05, 0) is 55.5 Å². The fourth-order valence-corrected chi connectivity index (χ4v) is 5.06. The minimum Gasteiger partial charge on any atom is -0.381 e. The van der Waals surface area contributed by atoms with Gasteiger partial charge >= 0.3 is 0 Å². The Bertz CT molecular complexity index is 946. The molecule has 0 saturated carbocycles. The number of rotatable bonds is 4. The molecule has 1 aromatic heterocycles. The number of aromatic nitrogens is 1. The Morgan fingerprint density at radius 2 is 1.90 bits per heavy atom. The van der Waals surface area contributed by atoms with E-state index in [2.05, 4.69) is 10.3 Å². The third kappa shape index (κ3) is 3.82. The van der Waals surface area contributed by atoms with Crippen LogP contribution in [-0.2, 0) is 25.2 Å². The molecule has 2 aliphatic heterocycles. The number of benzene rings is 1. The molecule has 2 saturated heterocycles. The summed E-state index contributed by atoms with van der Waals surface area (Å²) in [6.07, 6.45) is 3.95. The van der Waals surface area contributed by atoms with E-state index in [9.17, 15) is 14.0 Å². The summed E-state index contributed by atoms with van der Waals surface area (Å²) in [4.78, 5) is 33.3. The van der Waals surface area contributed by atoms with Crippen LogP contribution in [0, 0.1) is 5.82 Å². The Morgan fingerprint density at radius 3 is 2.58 bits per heavy atom. The third-order valence-corrected chi connectivity index (χ3v) is 6.73. The molecule has 0 spiro atoms. The highest BCUT2D eigenvalue weighted by Crippen LogP contribution is 2.40. The quantitative estimate of drug-likeness (QED) is 0.817. The predicted molar refractivity (Wildman–Crippen MR) is 114 cm³/mol. The molecule has 31 heavy (non-hydrogen) atoms. The van der Waals surface area contributed by atoms with Gasteiger partial charge in [-0.2, -0.15) is 0 Å². The van der Waals surface area contributed by atoms with Crippen molar-refractivity contribution in [3.63, 3.8) is 0 Å². The van der Waals surface area contributed by atoms with Crippen LogP contribution in [0.25, 0.3) is 0 Å². The smallest absolute Gasteiger partial charge is 0.233 e. The van der Waals surface area contributed by atoms with Crippen molar-refractivity contribution in [1.29, 1.82) is 0 Å². The van der Waals surface area contributed by atoms with Gasteiger partial charge < -0.3 is 15.0 Å². The van der Waals surface area contributed by atoms with Crippen LogP contribution in [0.3, 0.4) is 0 Å². The monoisotopic (exact) mass is 425 g/mol. The molecule has 2 amide bonds. The average molecular weight is 426 g/mol. The Balaban J connectivity index is 1.72. The van der Waals surface area contributed by atoms with Crippen molar-refractivity contribution < 1.29 is 18.7 Å². The van der Waals surface area contributed by atoms with E-state index in [1.54, 1.807) is 24.2 Å². The highest BCUT2D eigenvalue weighted by Gasteiger charge is 2.50. The van der Waals surface area contributed by atoms with Gasteiger partial charge in [0.05, 0.1) is 11.1 Å². The van der Waals surface area contributed by atoms with Crippen molar-refractivity contribution >= 4 is 11.8 Å². The van der Waals surface area contributed by atoms with Gasteiger partial charge in [-0.3, -0.25) is 14.6 Å². The first-order valence-corrected chi connectivity index (χ1v) is 10.8. The lowest BCUT2D eigenvalue weighted by molar-refractivity contribution is -0.145. The van der Waals surface area contributed by atoms with E-state index in [0.717, 1.165) is 0 Å². The molecular weight excluding hydrogens is 397 g/mol. The number of nitrogens with one attached hydrogen (secondary N) is 1. The molecular formula is C24H28FN3O3. The predicted octanol–water partition coefficient (Wildman–Crippen LogP) is 2.58. The molecule has 4 rings (SSSR count). The van der Waals surface area contributed by atoms with Gasteiger partial charge in [0.15, 0.2) is 0 Å². The Labute approximate surface area is 181 Å². The SMILES string of the molecule is CNC(=O)[C@]1(c2ccccn2)CCCN(C(=O)C2(c3cccc(F)c3)CCOCC2)C1. The first-order valence-electron chi connectivity index (χ1n) is 10.8. The van der Waals surface area contributed by atoms with Gasteiger partial charge in [-0.15, -0.1) is 0 Å². The van der Waals surface area contributed by atoms with Gasteiger partial charge in [0, 0.05) is 39.5 Å². The van der Waals surface area contributed by atoms with Gasteiger partial charge in [0.25, 0.3) is 0 Å². The zero-order chi connectivity index (χ0) is 21.9. The highest BCUT2D eigenvalue weighted by atomic mass is 19.1. The molecule has 1 N–H and O–H groups in total. The van der Waals surface area contributed by atoms with Gasteiger partial charge in [-0.1, -0.05) is 18.2 Å². The van der Waals surface area contributed by atoms with Crippen molar-refractivity contribution in [2.75, 3.05) is 33.4 Å². The van der Waals surface area contributed by atoms with E-state index in [-0.39, 0.29) is 24.2 Å². The van der Waals surface area contributed by atoms with E-state index in [4.69, 9.17) is 4.74 Å². The molecule has 0 aliphatic carbocycles. The molecule has 6 nitrogen and oxygen atoms in total. The lowest BCUT2D eigenvalue weighted by Crippen LogP contribution is -2.59. The highest BCUT2D eigenvalue weighted by molar-refractivity contribution is 5.92. The van der Waals surface area contributed by atoms with Gasteiger partial charge in [-0.25, -0.2) is 4.39 Å². The zero-order valence-electron chi connectivity index (χ0n) is 17.8. The summed E-state index contributed by atoms with van der Waals surface area (Å²) in [5, 5.41) is 2.78. The maximum absolute atomic E-state index is 14.1. The van der Waals surface area contributed by atoms with Crippen LogP contribution < -0.4 is 5.32 Å². The van der Waals surface area contributed by atoms with Crippen molar-refractivity contribution in [2.24, 2.45) is 0 Å². The topological polar surface area (TPSA) is 71.5 Å². The number of pyridine rings is 1. The minimum absolute atomic E-state index is 0.0645. The maximum Gasteiger partial charge on any atom is 0.233 e. The van der Waals surface area contributed by atoms with Crippen molar-refractivity contribution in [1.82, 2.24) is 15.2 Å². The second-order valence-electron chi connectivity index (χ2n) is 8.41. The molecule has 164 valence electrons. The molecule has 2 aromatic rings. The molecule has 2 fully saturated rings. The molecule has 2 aliphatic rings. The number of ether oxygens (including phenoxy) is 1. The largest absolute Gasteiger partial charge is 0.381 e. The molecule has 3 heterocycles. The summed E-state index contributed by atoms with van der Waals surface area (Å²) < 4.78 is 19.6. The first-order chi connectivity index (χ1) is 15.0. The number of hydrogen-bond donors (Lipinski definition) is 1. The van der Waals surface area contributed by atoms with Gasteiger partial charge in [0.2, 0.25) is 11.8 Å². The Morgan fingerprint density at radius 1 is 1.10 bits per heavy atom. The van der Waals surface area contributed by atoms with Crippen LogP contribution >= 0.6 is 0 Å². The third-order valence-electron chi connectivity index (χ3n) is 6.73. The van der Waals surface area contributed by atoms with Gasteiger partial charge in [0.1, 0.15) is 11.2 Å². The van der Waals surface area contributed by atoms with Crippen LogP contribution in [0.5, 0.6) is 0 Å². The molecule has 0 unspecified atom stereocenters. The standard InChI is InChI=1S/C24H28FN3O3/c1-26-21(29)24(20-8-2-3-12-27-20)9-5-13-28(17-24)22(30)23(10-14-31-15-11-23)18-6-4-7-19(25)16-18/h2-4,6-8,12,16H,5,9-11,13-15,17H2,1H3,(H,26,29)/t24-/m1/s1. The lowest BCUT2D eigenvalue weighted by Gasteiger charge is -2.46. The van der Waals surface area contributed by atoms with Crippen LogP contribution in [-0.4, -0.2) is 55.0 Å². The molecule has 7 heteroatoms. The number of likely N-dealkylation sites (N-methyl/N-ethyl adjacent to an activating group) is 1. The lowest BCUT2D eigenvalue weighted by atomic mass is 9.71. The summed E-state index contributed by atoms with van der Waals surface area (Å²) in [6, 6.07) is 11.8. The Kier molecular flexibility index (Phi) is 6.05. The van der Waals surface area contributed by atoms with Crippen LogP contribution in [0.4, 0.5) is 4.39 Å². The van der Waals surface area contributed by atoms with Crippen molar-refractivity contribution in [3.8, 4) is 0 Å². The second-order valence-corrected chi connectivity index (χ2v) is 8.41. The van der Waals surface area contributed by atoms with Crippen molar-refractivity contribution in [3.05, 3.63) is 65.7 Å². The van der Waals surface area contributed by atoms with E-state index in [1.165, 1.54) is 12.1 Å². The molecule has 1 atom stereocenters. The number of hydrogen-bond acceptors (Lipinski definition) is 4. The Hall–Kier alpha value is -2.80. The van der Waals surface area contributed by atoms with E-state index in [1.807, 2.05) is 24.3 Å². The van der Waals surface area contributed by atoms with Crippen LogP contribution in [0.2, 0.25) is 0 Å². The summed E-state index contributed by atoms with van der Waals surface area (Å²) in [5.74, 6) is -0.566. The number of piperidine rings is 1. The van der Waals surface area contributed by atoms with Crippen LogP contribution in [0.1, 0.15) is 36.9 Å². The molecule has 0 bridgehead atoms. The summed E-state index contributed by atoms with van der Waals surface area (Å²) >= 11 is 0. The number of halogens is 1. The second kappa shape index (κ2) is 8.75. The van der Waals surface area contributed by atoms with Crippen LogP contribution in [0.15, 0.2) is 48.7 Å². The van der Waals surface area contributed by atoms with E-state index >= 15 is 0 Å². The van der Waals surface area contributed by atoms with E-state index in [0.29, 0.717) is 56.7 Å². The average Bonchev–Trinajstić information content (AvgIpc) is 2.84. The molecule has 0 radical (unpaired) electrons. The summed E-state index contributed by atoms with van der Waals surface area (Å²) in [7, 11) is 1.61. The van der Waals surface area contributed by atoms with E-state index < -0.39 is 10.8 Å². The number of carbonyl (C=O) groups is 2. The zero-order valence-corrected chi connectivity index (χ0v) is 17.8. The number of nitrogens with zero attached hydrogens (tertiary/aromatic N) is 2. The normalized spacial score (nSPS) is 23.2. The number of amides is 2. The number of likely N-dealkylation sites (tertiary alicyclic amines) is 1. The molecule has 1 aromatic carbocycles. The fraction of sp³-hybridized carbons (Fsp3) is 0.458. The van der Waals surface area contributed by atoms with Crippen molar-refractivity contribution in [2.45, 2.75) is 36.5 Å². The summed E-state index contributed by atoms with van der Waals surface area (Å²) in [5.41, 5.74) is -0.414. The summed E-state index contributed by atoms with van der Waals surface area (Å²) in [6.45, 7) is 1.69.